The minimum Gasteiger partial charge on any atom is -0.339 e. The molecule has 7 heteroatoms. The van der Waals surface area contributed by atoms with Crippen LogP contribution in [0.1, 0.15) is 48.5 Å². The largest absolute Gasteiger partial charge is 0.339 e. The van der Waals surface area contributed by atoms with E-state index >= 15 is 0 Å². The number of aryl methyl sites for hydroxylation is 3. The molecule has 3 rings (SSSR count). The first-order valence-corrected chi connectivity index (χ1v) is 8.14. The molecule has 1 unspecified atom stereocenters. The minimum absolute atomic E-state index is 0.241. The third-order valence-electron chi connectivity index (χ3n) is 3.79. The van der Waals surface area contributed by atoms with E-state index < -0.39 is 0 Å². The van der Waals surface area contributed by atoms with Crippen molar-refractivity contribution in [3.63, 3.8) is 0 Å². The fourth-order valence-corrected chi connectivity index (χ4v) is 2.56. The SMILES string of the molecule is CCc1nnc(NC(c2ccccc2)c2n[nH]c(C)n2)nc1CC. The Labute approximate surface area is 141 Å². The van der Waals surface area contributed by atoms with E-state index in [-0.39, 0.29) is 6.04 Å². The lowest BCUT2D eigenvalue weighted by Gasteiger charge is -2.16. The molecule has 124 valence electrons. The molecule has 0 radical (unpaired) electrons. The molecular weight excluding hydrogens is 302 g/mol. The van der Waals surface area contributed by atoms with E-state index in [1.165, 1.54) is 0 Å². The van der Waals surface area contributed by atoms with Gasteiger partial charge < -0.3 is 5.32 Å². The number of anilines is 1. The van der Waals surface area contributed by atoms with Crippen molar-refractivity contribution in [2.24, 2.45) is 0 Å². The molecule has 0 bridgehead atoms. The van der Waals surface area contributed by atoms with Crippen molar-refractivity contribution in [1.29, 1.82) is 0 Å². The van der Waals surface area contributed by atoms with Crippen molar-refractivity contribution in [1.82, 2.24) is 30.4 Å². The standard InChI is InChI=1S/C17H21N7/c1-4-13-14(5-2)22-24-17(19-13)20-15(12-9-7-6-8-10-12)16-18-11(3)21-23-16/h6-10,15H,4-5H2,1-3H3,(H,18,21,23)(H,19,20,24). The van der Waals surface area contributed by atoms with Gasteiger partial charge in [-0.2, -0.15) is 10.2 Å². The molecule has 0 spiro atoms. The van der Waals surface area contributed by atoms with Gasteiger partial charge in [-0.1, -0.05) is 44.2 Å². The third-order valence-corrected chi connectivity index (χ3v) is 3.79. The molecule has 0 amide bonds. The lowest BCUT2D eigenvalue weighted by Crippen LogP contribution is -2.17. The Hall–Kier alpha value is -2.83. The Morgan fingerprint density at radius 2 is 1.75 bits per heavy atom. The maximum absolute atomic E-state index is 4.61. The highest BCUT2D eigenvalue weighted by molar-refractivity contribution is 5.36. The Balaban J connectivity index is 1.95. The molecular formula is C17H21N7. The average molecular weight is 323 g/mol. The van der Waals surface area contributed by atoms with Crippen LogP contribution in [0.25, 0.3) is 0 Å². The van der Waals surface area contributed by atoms with Gasteiger partial charge in [-0.05, 0) is 25.3 Å². The number of rotatable bonds is 6. The van der Waals surface area contributed by atoms with Crippen LogP contribution in [0.3, 0.4) is 0 Å². The zero-order valence-corrected chi connectivity index (χ0v) is 14.1. The highest BCUT2D eigenvalue weighted by Gasteiger charge is 2.20. The lowest BCUT2D eigenvalue weighted by molar-refractivity contribution is 0.779. The van der Waals surface area contributed by atoms with E-state index in [2.05, 4.69) is 49.5 Å². The molecule has 3 aromatic rings. The molecule has 0 aliphatic rings. The summed E-state index contributed by atoms with van der Waals surface area (Å²) in [5.41, 5.74) is 2.94. The quantitative estimate of drug-likeness (QED) is 0.724. The normalized spacial score (nSPS) is 12.1. The van der Waals surface area contributed by atoms with Gasteiger partial charge in [0.15, 0.2) is 5.82 Å². The Bertz CT molecular complexity index is 798. The van der Waals surface area contributed by atoms with Crippen LogP contribution in [0.15, 0.2) is 30.3 Å². The van der Waals surface area contributed by atoms with Gasteiger partial charge in [-0.3, -0.25) is 5.10 Å². The number of H-pyrrole nitrogens is 1. The fourth-order valence-electron chi connectivity index (χ4n) is 2.56. The van der Waals surface area contributed by atoms with E-state index in [4.69, 9.17) is 0 Å². The van der Waals surface area contributed by atoms with Gasteiger partial charge in [0, 0.05) is 0 Å². The lowest BCUT2D eigenvalue weighted by atomic mass is 10.1. The van der Waals surface area contributed by atoms with Gasteiger partial charge in [-0.15, -0.1) is 5.10 Å². The molecule has 0 fully saturated rings. The molecule has 0 aliphatic heterocycles. The molecule has 2 heterocycles. The summed E-state index contributed by atoms with van der Waals surface area (Å²) in [6.45, 7) is 6.00. The van der Waals surface area contributed by atoms with E-state index in [1.54, 1.807) is 0 Å². The van der Waals surface area contributed by atoms with Crippen LogP contribution in [0.4, 0.5) is 5.95 Å². The van der Waals surface area contributed by atoms with Crippen molar-refractivity contribution in [3.05, 3.63) is 58.9 Å². The second kappa shape index (κ2) is 7.16. The van der Waals surface area contributed by atoms with E-state index in [0.717, 1.165) is 35.6 Å². The van der Waals surface area contributed by atoms with E-state index in [9.17, 15) is 0 Å². The van der Waals surface area contributed by atoms with Gasteiger partial charge >= 0.3 is 0 Å². The Morgan fingerprint density at radius 1 is 1.00 bits per heavy atom. The van der Waals surface area contributed by atoms with Gasteiger partial charge in [0.2, 0.25) is 5.95 Å². The highest BCUT2D eigenvalue weighted by atomic mass is 15.3. The molecule has 0 saturated heterocycles. The summed E-state index contributed by atoms with van der Waals surface area (Å²) >= 11 is 0. The number of benzene rings is 1. The second-order valence-electron chi connectivity index (χ2n) is 5.50. The van der Waals surface area contributed by atoms with Crippen LogP contribution < -0.4 is 5.32 Å². The van der Waals surface area contributed by atoms with Crippen LogP contribution in [0.2, 0.25) is 0 Å². The van der Waals surface area contributed by atoms with Crippen LogP contribution in [-0.4, -0.2) is 30.4 Å². The Morgan fingerprint density at radius 3 is 2.38 bits per heavy atom. The zero-order valence-electron chi connectivity index (χ0n) is 14.1. The second-order valence-corrected chi connectivity index (χ2v) is 5.50. The summed E-state index contributed by atoms with van der Waals surface area (Å²) in [6, 6.07) is 9.76. The van der Waals surface area contributed by atoms with E-state index in [1.807, 2.05) is 37.3 Å². The first-order chi connectivity index (χ1) is 11.7. The van der Waals surface area contributed by atoms with Crippen molar-refractivity contribution in [3.8, 4) is 0 Å². The number of nitrogens with one attached hydrogen (secondary N) is 2. The number of hydrogen-bond donors (Lipinski definition) is 2. The van der Waals surface area contributed by atoms with Crippen LogP contribution in [-0.2, 0) is 12.8 Å². The summed E-state index contributed by atoms with van der Waals surface area (Å²) < 4.78 is 0. The van der Waals surface area contributed by atoms with Gasteiger partial charge in [0.25, 0.3) is 0 Å². The summed E-state index contributed by atoms with van der Waals surface area (Å²) in [7, 11) is 0. The minimum atomic E-state index is -0.241. The topological polar surface area (TPSA) is 92.3 Å². The van der Waals surface area contributed by atoms with Crippen LogP contribution in [0, 0.1) is 6.92 Å². The molecule has 2 aromatic heterocycles. The summed E-state index contributed by atoms with van der Waals surface area (Å²) in [5, 5.41) is 19.0. The smallest absolute Gasteiger partial charge is 0.243 e. The van der Waals surface area contributed by atoms with E-state index in [0.29, 0.717) is 11.8 Å². The van der Waals surface area contributed by atoms with Gasteiger partial charge in [-0.25, -0.2) is 9.97 Å². The third kappa shape index (κ3) is 3.40. The maximum Gasteiger partial charge on any atom is 0.243 e. The molecule has 2 N–H and O–H groups in total. The molecule has 0 saturated carbocycles. The number of hydrogen-bond acceptors (Lipinski definition) is 6. The van der Waals surface area contributed by atoms with Crippen LogP contribution >= 0.6 is 0 Å². The van der Waals surface area contributed by atoms with Crippen molar-refractivity contribution in [2.75, 3.05) is 5.32 Å². The van der Waals surface area contributed by atoms with Crippen LogP contribution in [0.5, 0.6) is 0 Å². The highest BCUT2D eigenvalue weighted by Crippen LogP contribution is 2.22. The van der Waals surface area contributed by atoms with Crippen molar-refractivity contribution < 1.29 is 0 Å². The van der Waals surface area contributed by atoms with Gasteiger partial charge in [0.1, 0.15) is 11.9 Å². The summed E-state index contributed by atoms with van der Waals surface area (Å²) in [6.07, 6.45) is 1.65. The fraction of sp³-hybridized carbons (Fsp3) is 0.353. The average Bonchev–Trinajstić information content (AvgIpc) is 3.06. The van der Waals surface area contributed by atoms with Gasteiger partial charge in [0.05, 0.1) is 11.4 Å². The first-order valence-electron chi connectivity index (χ1n) is 8.14. The number of aromatic amines is 1. The molecule has 24 heavy (non-hydrogen) atoms. The predicted octanol–water partition coefficient (Wildman–Crippen LogP) is 2.62. The molecule has 1 aromatic carbocycles. The number of aromatic nitrogens is 6. The molecule has 0 aliphatic carbocycles. The number of nitrogens with zero attached hydrogens (tertiary/aromatic N) is 5. The Kier molecular flexibility index (Phi) is 4.79. The monoisotopic (exact) mass is 323 g/mol. The first kappa shape index (κ1) is 16.0. The zero-order chi connectivity index (χ0) is 16.9. The molecule has 7 nitrogen and oxygen atoms in total. The molecule has 1 atom stereocenters. The van der Waals surface area contributed by atoms with Crippen molar-refractivity contribution >= 4 is 5.95 Å². The predicted molar refractivity (Wildman–Crippen MR) is 91.6 cm³/mol. The van der Waals surface area contributed by atoms with Crippen molar-refractivity contribution in [2.45, 2.75) is 39.7 Å². The summed E-state index contributed by atoms with van der Waals surface area (Å²) in [4.78, 5) is 9.06. The summed E-state index contributed by atoms with van der Waals surface area (Å²) in [5.74, 6) is 1.91. The maximum atomic E-state index is 4.61.